The molecule has 21 heavy (non-hydrogen) atoms. The van der Waals surface area contributed by atoms with E-state index in [4.69, 9.17) is 11.6 Å². The molecular formula is C13H16ClN5O2. The van der Waals surface area contributed by atoms with Crippen LogP contribution in [0.1, 0.15) is 38.0 Å². The van der Waals surface area contributed by atoms with Gasteiger partial charge in [-0.15, -0.1) is 0 Å². The molecule has 0 amide bonds. The van der Waals surface area contributed by atoms with E-state index >= 15 is 0 Å². The second-order valence-electron chi connectivity index (χ2n) is 5.82. The maximum absolute atomic E-state index is 11.3. The molecule has 2 rings (SSSR count). The first-order chi connectivity index (χ1) is 9.61. The maximum atomic E-state index is 11.3. The lowest BCUT2D eigenvalue weighted by molar-refractivity contribution is -0.385. The Balaban J connectivity index is 2.74. The summed E-state index contributed by atoms with van der Waals surface area (Å²) in [6.07, 6.45) is 0. The molecule has 8 heteroatoms. The van der Waals surface area contributed by atoms with Crippen molar-refractivity contribution in [1.82, 2.24) is 19.7 Å². The fourth-order valence-corrected chi connectivity index (χ4v) is 2.30. The highest BCUT2D eigenvalue weighted by molar-refractivity contribution is 6.32. The van der Waals surface area contributed by atoms with Gasteiger partial charge in [-0.3, -0.25) is 10.1 Å². The third kappa shape index (κ3) is 2.87. The third-order valence-electron chi connectivity index (χ3n) is 2.87. The number of nitrogens with zero attached hydrogens (tertiary/aromatic N) is 5. The van der Waals surface area contributed by atoms with Crippen molar-refractivity contribution in [2.24, 2.45) is 0 Å². The van der Waals surface area contributed by atoms with Crippen molar-refractivity contribution in [3.63, 3.8) is 0 Å². The SMILES string of the molecule is Cc1cc(-n2nc(C(C)(C)C)c([N+](=O)[O-])c2Cl)nc(C)n1. The lowest BCUT2D eigenvalue weighted by atomic mass is 9.91. The first-order valence-electron chi connectivity index (χ1n) is 6.37. The highest BCUT2D eigenvalue weighted by Gasteiger charge is 2.34. The smallest absolute Gasteiger partial charge is 0.258 e. The van der Waals surface area contributed by atoms with Crippen LogP contribution in [-0.4, -0.2) is 24.7 Å². The van der Waals surface area contributed by atoms with E-state index in [0.29, 0.717) is 17.3 Å². The molecule has 0 aliphatic heterocycles. The average Bonchev–Trinajstić information content (AvgIpc) is 2.65. The topological polar surface area (TPSA) is 86.7 Å². The lowest BCUT2D eigenvalue weighted by Gasteiger charge is -2.13. The van der Waals surface area contributed by atoms with E-state index in [1.807, 2.05) is 27.7 Å². The van der Waals surface area contributed by atoms with E-state index in [9.17, 15) is 10.1 Å². The second kappa shape index (κ2) is 5.07. The average molecular weight is 310 g/mol. The lowest BCUT2D eigenvalue weighted by Crippen LogP contribution is -2.14. The Kier molecular flexibility index (Phi) is 3.71. The molecule has 112 valence electrons. The van der Waals surface area contributed by atoms with E-state index in [2.05, 4.69) is 15.1 Å². The van der Waals surface area contributed by atoms with Gasteiger partial charge in [0.25, 0.3) is 0 Å². The quantitative estimate of drug-likeness (QED) is 0.628. The van der Waals surface area contributed by atoms with Crippen molar-refractivity contribution < 1.29 is 4.92 Å². The Morgan fingerprint density at radius 2 is 1.90 bits per heavy atom. The molecule has 0 spiro atoms. The van der Waals surface area contributed by atoms with Gasteiger partial charge in [0.05, 0.1) is 4.92 Å². The van der Waals surface area contributed by atoms with Gasteiger partial charge in [0.15, 0.2) is 5.82 Å². The Hall–Kier alpha value is -2.02. The van der Waals surface area contributed by atoms with Gasteiger partial charge < -0.3 is 0 Å². The first kappa shape index (κ1) is 15.4. The van der Waals surface area contributed by atoms with Crippen molar-refractivity contribution in [2.45, 2.75) is 40.0 Å². The number of halogens is 1. The predicted octanol–water partition coefficient (Wildman–Crippen LogP) is 3.14. The molecule has 0 bridgehead atoms. The minimum absolute atomic E-state index is 0.0533. The van der Waals surface area contributed by atoms with E-state index in [-0.39, 0.29) is 10.8 Å². The summed E-state index contributed by atoms with van der Waals surface area (Å²) < 4.78 is 1.29. The van der Waals surface area contributed by atoms with Crippen LogP contribution in [0.25, 0.3) is 5.82 Å². The van der Waals surface area contributed by atoms with E-state index in [1.54, 1.807) is 13.0 Å². The summed E-state index contributed by atoms with van der Waals surface area (Å²) in [5.74, 6) is 0.972. The van der Waals surface area contributed by atoms with Crippen LogP contribution in [0.2, 0.25) is 5.15 Å². The molecule has 0 fully saturated rings. The van der Waals surface area contributed by atoms with Gasteiger partial charge in [-0.25, -0.2) is 9.97 Å². The zero-order valence-electron chi connectivity index (χ0n) is 12.5. The summed E-state index contributed by atoms with van der Waals surface area (Å²) in [6, 6.07) is 1.68. The predicted molar refractivity (Wildman–Crippen MR) is 79.0 cm³/mol. The van der Waals surface area contributed by atoms with Crippen molar-refractivity contribution in [3.05, 3.63) is 38.5 Å². The number of aromatic nitrogens is 4. The van der Waals surface area contributed by atoms with Gasteiger partial charge in [-0.05, 0) is 13.8 Å². The molecule has 0 aliphatic rings. The van der Waals surface area contributed by atoms with Gasteiger partial charge in [0.1, 0.15) is 11.5 Å². The number of nitro groups is 1. The van der Waals surface area contributed by atoms with Crippen LogP contribution >= 0.6 is 11.6 Å². The second-order valence-corrected chi connectivity index (χ2v) is 6.18. The molecule has 2 aromatic heterocycles. The number of hydrogen-bond acceptors (Lipinski definition) is 5. The molecule has 0 N–H and O–H groups in total. The van der Waals surface area contributed by atoms with Gasteiger partial charge in [0, 0.05) is 17.2 Å². The van der Waals surface area contributed by atoms with E-state index in [0.717, 1.165) is 5.69 Å². The van der Waals surface area contributed by atoms with Crippen LogP contribution in [0.3, 0.4) is 0 Å². The Labute approximate surface area is 127 Å². The van der Waals surface area contributed by atoms with Gasteiger partial charge in [-0.2, -0.15) is 9.78 Å². The Morgan fingerprint density at radius 3 is 2.33 bits per heavy atom. The molecular weight excluding hydrogens is 294 g/mol. The van der Waals surface area contributed by atoms with Gasteiger partial charge >= 0.3 is 5.69 Å². The van der Waals surface area contributed by atoms with Crippen LogP contribution in [0.15, 0.2) is 6.07 Å². The molecule has 0 radical (unpaired) electrons. The monoisotopic (exact) mass is 309 g/mol. The van der Waals surface area contributed by atoms with E-state index in [1.165, 1.54) is 4.68 Å². The van der Waals surface area contributed by atoms with Gasteiger partial charge in [0.2, 0.25) is 5.15 Å². The van der Waals surface area contributed by atoms with Crippen LogP contribution in [0, 0.1) is 24.0 Å². The van der Waals surface area contributed by atoms with Crippen molar-refractivity contribution in [1.29, 1.82) is 0 Å². The molecule has 0 aliphatic carbocycles. The Morgan fingerprint density at radius 1 is 1.29 bits per heavy atom. The molecule has 0 saturated heterocycles. The molecule has 0 aromatic carbocycles. The highest BCUT2D eigenvalue weighted by Crippen LogP contribution is 2.37. The number of aryl methyl sites for hydroxylation is 2. The van der Waals surface area contributed by atoms with Crippen molar-refractivity contribution in [2.75, 3.05) is 0 Å². The van der Waals surface area contributed by atoms with Crippen molar-refractivity contribution >= 4 is 17.3 Å². The normalized spacial score (nSPS) is 11.7. The summed E-state index contributed by atoms with van der Waals surface area (Å²) >= 11 is 6.17. The van der Waals surface area contributed by atoms with Gasteiger partial charge in [-0.1, -0.05) is 32.4 Å². The summed E-state index contributed by atoms with van der Waals surface area (Å²) in [7, 11) is 0. The highest BCUT2D eigenvalue weighted by atomic mass is 35.5. The minimum atomic E-state index is -0.507. The van der Waals surface area contributed by atoms with Crippen molar-refractivity contribution in [3.8, 4) is 5.82 Å². The summed E-state index contributed by atoms with van der Waals surface area (Å²) in [4.78, 5) is 19.2. The summed E-state index contributed by atoms with van der Waals surface area (Å²) in [6.45, 7) is 9.10. The molecule has 0 saturated carbocycles. The number of rotatable bonds is 2. The standard InChI is InChI=1S/C13H16ClN5O2/c1-7-6-9(16-8(2)15-7)18-12(14)10(19(20)21)11(17-18)13(3,4)5/h6H,1-5H3. The molecule has 0 unspecified atom stereocenters. The van der Waals surface area contributed by atoms with Crippen LogP contribution in [-0.2, 0) is 5.41 Å². The van der Waals surface area contributed by atoms with Crippen LogP contribution < -0.4 is 0 Å². The number of hydrogen-bond donors (Lipinski definition) is 0. The minimum Gasteiger partial charge on any atom is -0.258 e. The first-order valence-corrected chi connectivity index (χ1v) is 6.75. The zero-order valence-corrected chi connectivity index (χ0v) is 13.3. The third-order valence-corrected chi connectivity index (χ3v) is 3.21. The fraction of sp³-hybridized carbons (Fsp3) is 0.462. The largest absolute Gasteiger partial charge is 0.330 e. The molecule has 2 heterocycles. The summed E-state index contributed by atoms with van der Waals surface area (Å²) in [5.41, 5.74) is 0.377. The maximum Gasteiger partial charge on any atom is 0.330 e. The van der Waals surface area contributed by atoms with E-state index < -0.39 is 10.3 Å². The fourth-order valence-electron chi connectivity index (χ4n) is 2.01. The summed E-state index contributed by atoms with van der Waals surface area (Å²) in [5, 5.41) is 15.6. The Bertz CT molecular complexity index is 698. The van der Waals surface area contributed by atoms with Crippen LogP contribution in [0.5, 0.6) is 0 Å². The zero-order chi connectivity index (χ0) is 15.9. The van der Waals surface area contributed by atoms with Crippen LogP contribution in [0.4, 0.5) is 5.69 Å². The molecule has 0 atom stereocenters. The molecule has 2 aromatic rings. The molecule has 7 nitrogen and oxygen atoms in total.